The summed E-state index contributed by atoms with van der Waals surface area (Å²) in [6.07, 6.45) is 3.62. The zero-order valence-electron chi connectivity index (χ0n) is 13.0. The molecule has 0 fully saturated rings. The molecule has 2 aromatic rings. The highest BCUT2D eigenvalue weighted by atomic mass is 16.1. The van der Waals surface area contributed by atoms with Crippen molar-refractivity contribution >= 4 is 5.78 Å². The van der Waals surface area contributed by atoms with Crippen LogP contribution in [0.2, 0.25) is 0 Å². The maximum Gasteiger partial charge on any atom is 0.163 e. The summed E-state index contributed by atoms with van der Waals surface area (Å²) in [7, 11) is 0. The van der Waals surface area contributed by atoms with E-state index in [0.29, 0.717) is 5.92 Å². The van der Waals surface area contributed by atoms with Crippen molar-refractivity contribution in [1.29, 1.82) is 0 Å². The van der Waals surface area contributed by atoms with Crippen molar-refractivity contribution in [2.75, 3.05) is 0 Å². The van der Waals surface area contributed by atoms with Crippen LogP contribution >= 0.6 is 0 Å². The molecule has 0 bridgehead atoms. The highest BCUT2D eigenvalue weighted by molar-refractivity contribution is 5.96. The molecule has 3 heteroatoms. The Morgan fingerprint density at radius 3 is 2.81 bits per heavy atom. The van der Waals surface area contributed by atoms with Gasteiger partial charge in [-0.1, -0.05) is 24.3 Å². The molecule has 0 amide bonds. The standard InChI is InChI=1S/C18H22N2O/c1-12-18(14(3)21)13(2)20(19-12)11-16-9-6-8-15-7-4-5-10-17(15)16/h4-5,7,10,16H,6,8-9,11H2,1-3H3. The largest absolute Gasteiger partial charge is 0.294 e. The summed E-state index contributed by atoms with van der Waals surface area (Å²) >= 11 is 0. The van der Waals surface area contributed by atoms with Crippen LogP contribution in [0.5, 0.6) is 0 Å². The molecule has 1 aromatic carbocycles. The Labute approximate surface area is 126 Å². The molecule has 21 heavy (non-hydrogen) atoms. The molecule has 0 spiro atoms. The lowest BCUT2D eigenvalue weighted by molar-refractivity contribution is 0.101. The van der Waals surface area contributed by atoms with Gasteiger partial charge in [0.1, 0.15) is 0 Å². The summed E-state index contributed by atoms with van der Waals surface area (Å²) in [4.78, 5) is 11.7. The second-order valence-electron chi connectivity index (χ2n) is 6.07. The second kappa shape index (κ2) is 5.47. The number of carbonyl (C=O) groups is 1. The highest BCUT2D eigenvalue weighted by Crippen LogP contribution is 2.33. The Hall–Kier alpha value is -1.90. The molecule has 0 N–H and O–H groups in total. The zero-order chi connectivity index (χ0) is 15.0. The third-order valence-electron chi connectivity index (χ3n) is 4.62. The fraction of sp³-hybridized carbons (Fsp3) is 0.444. The zero-order valence-corrected chi connectivity index (χ0v) is 13.0. The van der Waals surface area contributed by atoms with E-state index in [4.69, 9.17) is 0 Å². The van der Waals surface area contributed by atoms with E-state index in [1.807, 2.05) is 18.5 Å². The third kappa shape index (κ3) is 2.53. The van der Waals surface area contributed by atoms with Gasteiger partial charge in [0.2, 0.25) is 0 Å². The minimum absolute atomic E-state index is 0.111. The summed E-state index contributed by atoms with van der Waals surface area (Å²) in [5.74, 6) is 0.619. The first-order chi connectivity index (χ1) is 10.1. The van der Waals surface area contributed by atoms with Crippen molar-refractivity contribution in [1.82, 2.24) is 9.78 Å². The topological polar surface area (TPSA) is 34.9 Å². The van der Waals surface area contributed by atoms with Crippen LogP contribution in [-0.4, -0.2) is 15.6 Å². The summed E-state index contributed by atoms with van der Waals surface area (Å²) in [6.45, 7) is 6.43. The lowest BCUT2D eigenvalue weighted by atomic mass is 9.83. The summed E-state index contributed by atoms with van der Waals surface area (Å²) in [5, 5.41) is 4.59. The molecule has 0 saturated carbocycles. The van der Waals surface area contributed by atoms with Gasteiger partial charge in [0, 0.05) is 18.2 Å². The first-order valence-electron chi connectivity index (χ1n) is 7.70. The molecule has 1 atom stereocenters. The van der Waals surface area contributed by atoms with E-state index in [1.54, 1.807) is 6.92 Å². The average Bonchev–Trinajstić information content (AvgIpc) is 2.74. The second-order valence-corrected chi connectivity index (χ2v) is 6.07. The summed E-state index contributed by atoms with van der Waals surface area (Å²) < 4.78 is 2.03. The number of aromatic nitrogens is 2. The number of carbonyl (C=O) groups excluding carboxylic acids is 1. The summed E-state index contributed by atoms with van der Waals surface area (Å²) in [6, 6.07) is 8.73. The van der Waals surface area contributed by atoms with Crippen LogP contribution in [0.4, 0.5) is 0 Å². The molecular formula is C18H22N2O. The normalized spacial score (nSPS) is 17.6. The Morgan fingerprint density at radius 1 is 1.33 bits per heavy atom. The minimum Gasteiger partial charge on any atom is -0.294 e. The van der Waals surface area contributed by atoms with Gasteiger partial charge >= 0.3 is 0 Å². The Balaban J connectivity index is 1.92. The van der Waals surface area contributed by atoms with Crippen LogP contribution < -0.4 is 0 Å². The van der Waals surface area contributed by atoms with E-state index in [1.165, 1.54) is 30.4 Å². The average molecular weight is 282 g/mol. The predicted molar refractivity (Wildman–Crippen MR) is 83.8 cm³/mol. The first kappa shape index (κ1) is 14.1. The van der Waals surface area contributed by atoms with Gasteiger partial charge in [-0.15, -0.1) is 0 Å². The molecule has 0 saturated heterocycles. The highest BCUT2D eigenvalue weighted by Gasteiger charge is 2.23. The molecule has 0 aliphatic heterocycles. The van der Waals surface area contributed by atoms with Crippen molar-refractivity contribution in [3.63, 3.8) is 0 Å². The molecule has 1 heterocycles. The van der Waals surface area contributed by atoms with Crippen molar-refractivity contribution in [2.45, 2.75) is 52.5 Å². The van der Waals surface area contributed by atoms with Crippen LogP contribution in [0.25, 0.3) is 0 Å². The van der Waals surface area contributed by atoms with Crippen LogP contribution in [0.15, 0.2) is 24.3 Å². The number of fused-ring (bicyclic) bond motifs is 1. The SMILES string of the molecule is CC(=O)c1c(C)nn(CC2CCCc3ccccc32)c1C. The van der Waals surface area contributed by atoms with Gasteiger partial charge in [-0.3, -0.25) is 9.48 Å². The molecule has 0 radical (unpaired) electrons. The number of ketones is 1. The summed E-state index contributed by atoms with van der Waals surface area (Å²) in [5.41, 5.74) is 5.58. The van der Waals surface area contributed by atoms with Crippen molar-refractivity contribution < 1.29 is 4.79 Å². The molecule has 1 aliphatic carbocycles. The van der Waals surface area contributed by atoms with E-state index in [0.717, 1.165) is 23.5 Å². The molecule has 3 rings (SSSR count). The van der Waals surface area contributed by atoms with Crippen LogP contribution in [0.3, 0.4) is 0 Å². The van der Waals surface area contributed by atoms with Gasteiger partial charge in [-0.2, -0.15) is 5.10 Å². The minimum atomic E-state index is 0.111. The van der Waals surface area contributed by atoms with E-state index < -0.39 is 0 Å². The number of hydrogen-bond acceptors (Lipinski definition) is 2. The number of hydrogen-bond donors (Lipinski definition) is 0. The Kier molecular flexibility index (Phi) is 3.66. The Bertz CT molecular complexity index is 685. The van der Waals surface area contributed by atoms with Crippen molar-refractivity contribution in [3.8, 4) is 0 Å². The lowest BCUT2D eigenvalue weighted by Gasteiger charge is -2.25. The number of benzene rings is 1. The lowest BCUT2D eigenvalue weighted by Crippen LogP contribution is -2.17. The molecule has 1 aliphatic rings. The maximum atomic E-state index is 11.7. The number of rotatable bonds is 3. The van der Waals surface area contributed by atoms with Gasteiger partial charge in [0.05, 0.1) is 11.3 Å². The van der Waals surface area contributed by atoms with Gasteiger partial charge < -0.3 is 0 Å². The predicted octanol–water partition coefficient (Wildman–Crippen LogP) is 3.82. The molecular weight excluding hydrogens is 260 g/mol. The maximum absolute atomic E-state index is 11.7. The van der Waals surface area contributed by atoms with Crippen molar-refractivity contribution in [2.24, 2.45) is 0 Å². The molecule has 3 nitrogen and oxygen atoms in total. The van der Waals surface area contributed by atoms with Crippen LogP contribution in [0, 0.1) is 13.8 Å². The monoisotopic (exact) mass is 282 g/mol. The quantitative estimate of drug-likeness (QED) is 0.802. The molecule has 1 unspecified atom stereocenters. The van der Waals surface area contributed by atoms with Crippen molar-refractivity contribution in [3.05, 3.63) is 52.3 Å². The van der Waals surface area contributed by atoms with Crippen LogP contribution in [0.1, 0.15) is 58.6 Å². The van der Waals surface area contributed by atoms with Crippen LogP contribution in [-0.2, 0) is 13.0 Å². The van der Waals surface area contributed by atoms with E-state index in [-0.39, 0.29) is 5.78 Å². The number of nitrogens with zero attached hydrogens (tertiary/aromatic N) is 2. The molecule has 1 aromatic heterocycles. The van der Waals surface area contributed by atoms with Gasteiger partial charge in [0.15, 0.2) is 5.78 Å². The Morgan fingerprint density at radius 2 is 2.10 bits per heavy atom. The third-order valence-corrected chi connectivity index (χ3v) is 4.62. The number of aryl methyl sites for hydroxylation is 2. The number of Topliss-reactive ketones (excluding diaryl/α,β-unsaturated/α-hetero) is 1. The van der Waals surface area contributed by atoms with Gasteiger partial charge in [-0.05, 0) is 51.2 Å². The van der Waals surface area contributed by atoms with E-state index in [9.17, 15) is 4.79 Å². The fourth-order valence-corrected chi connectivity index (χ4v) is 3.64. The smallest absolute Gasteiger partial charge is 0.163 e. The molecule has 110 valence electrons. The first-order valence-corrected chi connectivity index (χ1v) is 7.70. The fourth-order valence-electron chi connectivity index (χ4n) is 3.64. The van der Waals surface area contributed by atoms with E-state index >= 15 is 0 Å². The van der Waals surface area contributed by atoms with E-state index in [2.05, 4.69) is 29.4 Å². The van der Waals surface area contributed by atoms with Gasteiger partial charge in [0.25, 0.3) is 0 Å². The van der Waals surface area contributed by atoms with Gasteiger partial charge in [-0.25, -0.2) is 0 Å².